The Hall–Kier alpha value is 0.0300. The number of phosphoric ester groups is 1. The summed E-state index contributed by atoms with van der Waals surface area (Å²) in [6.45, 7) is 0.504. The zero-order chi connectivity index (χ0) is 8.41. The highest BCUT2D eigenvalue weighted by molar-refractivity contribution is 7.46. The lowest BCUT2D eigenvalue weighted by molar-refractivity contribution is 0.00578. The van der Waals surface area contributed by atoms with Crippen molar-refractivity contribution in [2.45, 2.75) is 12.6 Å². The van der Waals surface area contributed by atoms with Crippen LogP contribution in [0.25, 0.3) is 0 Å². The Morgan fingerprint density at radius 3 is 2.20 bits per heavy atom. The molecule has 6 nitrogen and oxygen atoms in total. The van der Waals surface area contributed by atoms with Gasteiger partial charge in [-0.2, -0.15) is 0 Å². The second-order valence-corrected chi connectivity index (χ2v) is 3.22. The van der Waals surface area contributed by atoms with E-state index in [2.05, 4.69) is 4.52 Å². The maximum atomic E-state index is 10.1. The number of phosphoric acid groups is 1. The van der Waals surface area contributed by atoms with Crippen molar-refractivity contribution in [2.75, 3.05) is 6.61 Å². The van der Waals surface area contributed by atoms with Crippen LogP contribution in [0.5, 0.6) is 0 Å². The molecule has 0 rings (SSSR count). The van der Waals surface area contributed by atoms with Gasteiger partial charge in [0, 0.05) is 0 Å². The highest BCUT2D eigenvalue weighted by atomic mass is 31.2. The second-order valence-electron chi connectivity index (χ2n) is 2.05. The van der Waals surface area contributed by atoms with E-state index in [0.717, 1.165) is 6.92 Å². The van der Waals surface area contributed by atoms with Gasteiger partial charge in [-0.05, 0) is 6.92 Å². The maximum absolute atomic E-state index is 10.1. The van der Waals surface area contributed by atoms with E-state index in [1.165, 1.54) is 0 Å². The van der Waals surface area contributed by atoms with Gasteiger partial charge in [0.05, 0.1) is 6.61 Å². The van der Waals surface area contributed by atoms with E-state index >= 15 is 0 Å². The minimum Gasteiger partial charge on any atom is -0.392 e. The van der Waals surface area contributed by atoms with Gasteiger partial charge in [-0.15, -0.1) is 0 Å². The zero-order valence-electron chi connectivity index (χ0n) is 5.39. The first-order valence-electron chi connectivity index (χ1n) is 2.43. The molecular formula is C3H10NO5P. The highest BCUT2D eigenvalue weighted by Gasteiger charge is 2.28. The summed E-state index contributed by atoms with van der Waals surface area (Å²) in [6.07, 6.45) is 0. The molecule has 10 heavy (non-hydrogen) atoms. The number of aliphatic hydroxyl groups excluding tert-OH is 1. The molecule has 0 heterocycles. The van der Waals surface area contributed by atoms with Crippen LogP contribution >= 0.6 is 7.82 Å². The van der Waals surface area contributed by atoms with Crippen molar-refractivity contribution in [3.8, 4) is 0 Å². The summed E-state index contributed by atoms with van der Waals surface area (Å²) in [5.74, 6) is 0. The van der Waals surface area contributed by atoms with Gasteiger partial charge >= 0.3 is 7.82 Å². The van der Waals surface area contributed by atoms with E-state index in [9.17, 15) is 4.57 Å². The van der Waals surface area contributed by atoms with Crippen LogP contribution in [-0.2, 0) is 9.09 Å². The molecule has 5 N–H and O–H groups in total. The molecule has 0 aliphatic heterocycles. The van der Waals surface area contributed by atoms with Crippen molar-refractivity contribution >= 4 is 7.82 Å². The Labute approximate surface area is 57.9 Å². The van der Waals surface area contributed by atoms with Crippen LogP contribution in [0, 0.1) is 0 Å². The van der Waals surface area contributed by atoms with Gasteiger partial charge < -0.3 is 20.6 Å². The molecular weight excluding hydrogens is 161 g/mol. The first kappa shape index (κ1) is 10.0. The summed E-state index contributed by atoms with van der Waals surface area (Å²) in [5, 5.41) is 8.36. The van der Waals surface area contributed by atoms with Crippen LogP contribution < -0.4 is 5.73 Å². The zero-order valence-corrected chi connectivity index (χ0v) is 6.28. The molecule has 0 amide bonds. The number of nitrogens with two attached hydrogens (primary N) is 1. The van der Waals surface area contributed by atoms with Crippen LogP contribution in [0.4, 0.5) is 0 Å². The van der Waals surface area contributed by atoms with Crippen molar-refractivity contribution in [3.05, 3.63) is 0 Å². The third-order valence-electron chi connectivity index (χ3n) is 0.641. The van der Waals surface area contributed by atoms with E-state index in [-0.39, 0.29) is 0 Å². The fourth-order valence-corrected chi connectivity index (χ4v) is 0.902. The fourth-order valence-electron chi connectivity index (χ4n) is 0.301. The minimum absolute atomic E-state index is 0.655. The molecule has 0 radical (unpaired) electrons. The Bertz CT molecular complexity index is 151. The maximum Gasteiger partial charge on any atom is 0.471 e. The van der Waals surface area contributed by atoms with Crippen molar-refractivity contribution in [2.24, 2.45) is 5.73 Å². The Morgan fingerprint density at radius 2 is 2.10 bits per heavy atom. The van der Waals surface area contributed by atoms with E-state index in [4.69, 9.17) is 20.6 Å². The summed E-state index contributed by atoms with van der Waals surface area (Å²) in [7, 11) is -4.59. The number of hydrogen-bond donors (Lipinski definition) is 4. The summed E-state index contributed by atoms with van der Waals surface area (Å²) < 4.78 is 14.1. The first-order valence-corrected chi connectivity index (χ1v) is 3.96. The van der Waals surface area contributed by atoms with Crippen LogP contribution in [0.1, 0.15) is 6.92 Å². The average Bonchev–Trinajstić information content (AvgIpc) is 1.60. The standard InChI is InChI=1S/C3H10NO5P/c1-3(4,2-5)9-10(6,7)8/h5H,2,4H2,1H3,(H2,6,7,8). The molecule has 1 atom stereocenters. The Kier molecular flexibility index (Phi) is 2.97. The number of hydrogen-bond acceptors (Lipinski definition) is 4. The molecule has 0 aromatic carbocycles. The van der Waals surface area contributed by atoms with Crippen LogP contribution in [-0.4, -0.2) is 27.2 Å². The van der Waals surface area contributed by atoms with Crippen LogP contribution in [0.2, 0.25) is 0 Å². The van der Waals surface area contributed by atoms with Gasteiger partial charge in [0.15, 0.2) is 0 Å². The van der Waals surface area contributed by atoms with Gasteiger partial charge in [0.2, 0.25) is 0 Å². The lowest BCUT2D eigenvalue weighted by atomic mass is 10.3. The molecule has 0 aliphatic rings. The van der Waals surface area contributed by atoms with Gasteiger partial charge in [-0.3, -0.25) is 4.52 Å². The minimum atomic E-state index is -4.59. The molecule has 0 aromatic heterocycles. The van der Waals surface area contributed by atoms with E-state index in [1.807, 2.05) is 0 Å². The fraction of sp³-hybridized carbons (Fsp3) is 1.00. The SMILES string of the molecule is CC(N)(CO)OP(=O)(O)O. The average molecular weight is 171 g/mol. The molecule has 0 fully saturated rings. The predicted molar refractivity (Wildman–Crippen MR) is 32.8 cm³/mol. The van der Waals surface area contributed by atoms with E-state index in [0.29, 0.717) is 0 Å². The summed E-state index contributed by atoms with van der Waals surface area (Å²) in [4.78, 5) is 16.4. The number of rotatable bonds is 3. The third-order valence-corrected chi connectivity index (χ3v) is 1.30. The van der Waals surface area contributed by atoms with E-state index < -0.39 is 20.2 Å². The lowest BCUT2D eigenvalue weighted by Crippen LogP contribution is -2.42. The molecule has 0 saturated carbocycles. The first-order chi connectivity index (χ1) is 4.27. The molecule has 0 saturated heterocycles. The molecule has 7 heteroatoms. The van der Waals surface area contributed by atoms with Crippen LogP contribution in [0.15, 0.2) is 0 Å². The van der Waals surface area contributed by atoms with Crippen molar-refractivity contribution in [1.82, 2.24) is 0 Å². The van der Waals surface area contributed by atoms with Crippen molar-refractivity contribution in [3.63, 3.8) is 0 Å². The lowest BCUT2D eigenvalue weighted by Gasteiger charge is -2.21. The van der Waals surface area contributed by atoms with Gasteiger partial charge in [-0.25, -0.2) is 4.57 Å². The molecule has 0 aliphatic carbocycles. The van der Waals surface area contributed by atoms with Crippen molar-refractivity contribution in [1.29, 1.82) is 0 Å². The van der Waals surface area contributed by atoms with Crippen LogP contribution in [0.3, 0.4) is 0 Å². The normalized spacial score (nSPS) is 18.5. The third kappa shape index (κ3) is 4.87. The largest absolute Gasteiger partial charge is 0.471 e. The van der Waals surface area contributed by atoms with Gasteiger partial charge in [-0.1, -0.05) is 0 Å². The molecule has 62 valence electrons. The molecule has 1 unspecified atom stereocenters. The van der Waals surface area contributed by atoms with Gasteiger partial charge in [0.25, 0.3) is 0 Å². The summed E-state index contributed by atoms with van der Waals surface area (Å²) >= 11 is 0. The Balaban J connectivity index is 4.02. The van der Waals surface area contributed by atoms with E-state index in [1.54, 1.807) is 0 Å². The Morgan fingerprint density at radius 1 is 1.70 bits per heavy atom. The smallest absolute Gasteiger partial charge is 0.392 e. The number of aliphatic hydroxyl groups is 1. The summed E-state index contributed by atoms with van der Waals surface area (Å²) in [5.41, 5.74) is 3.36. The quantitative estimate of drug-likeness (QED) is 0.312. The second kappa shape index (κ2) is 2.96. The van der Waals surface area contributed by atoms with Crippen molar-refractivity contribution < 1.29 is 24.0 Å². The molecule has 0 bridgehead atoms. The monoisotopic (exact) mass is 171 g/mol. The summed E-state index contributed by atoms with van der Waals surface area (Å²) in [6, 6.07) is 0. The van der Waals surface area contributed by atoms with Gasteiger partial charge in [0.1, 0.15) is 5.72 Å². The highest BCUT2D eigenvalue weighted by Crippen LogP contribution is 2.39. The molecule has 0 aromatic rings. The predicted octanol–water partition coefficient (Wildman–Crippen LogP) is -1.24. The molecule has 0 spiro atoms. The topological polar surface area (TPSA) is 113 Å².